The number of aryl methyl sites for hydroxylation is 2. The van der Waals surface area contributed by atoms with Crippen molar-refractivity contribution < 1.29 is 19.2 Å². The zero-order valence-corrected chi connectivity index (χ0v) is 15.8. The molecule has 0 bridgehead atoms. The number of nitrogens with zero attached hydrogens (tertiary/aromatic N) is 1. The van der Waals surface area contributed by atoms with Crippen LogP contribution in [0.2, 0.25) is 0 Å². The van der Waals surface area contributed by atoms with Crippen LogP contribution in [0.3, 0.4) is 0 Å². The van der Waals surface area contributed by atoms with Gasteiger partial charge in [0.05, 0.1) is 10.5 Å². The number of amides is 1. The van der Waals surface area contributed by atoms with Crippen molar-refractivity contribution in [1.82, 2.24) is 0 Å². The lowest BCUT2D eigenvalue weighted by Crippen LogP contribution is -2.13. The van der Waals surface area contributed by atoms with Gasteiger partial charge in [0.25, 0.3) is 11.6 Å². The SMILES string of the molecule is Cc1ccc(NC(=O)c2ccc(OC(=O)c3ccc([N+](=O)[O-])cc3)cc2)c(C)c1. The molecule has 29 heavy (non-hydrogen) atoms. The van der Waals surface area contributed by atoms with Crippen LogP contribution in [-0.4, -0.2) is 16.8 Å². The van der Waals surface area contributed by atoms with Gasteiger partial charge in [0, 0.05) is 23.4 Å². The van der Waals surface area contributed by atoms with E-state index in [1.165, 1.54) is 36.4 Å². The van der Waals surface area contributed by atoms with E-state index in [1.807, 2.05) is 32.0 Å². The zero-order valence-electron chi connectivity index (χ0n) is 15.8. The third-order valence-corrected chi connectivity index (χ3v) is 4.27. The molecule has 3 rings (SSSR count). The Morgan fingerprint density at radius 3 is 2.10 bits per heavy atom. The second-order valence-corrected chi connectivity index (χ2v) is 6.49. The number of non-ortho nitro benzene ring substituents is 1. The molecule has 3 aromatic carbocycles. The second kappa shape index (κ2) is 8.35. The Morgan fingerprint density at radius 2 is 1.52 bits per heavy atom. The molecular weight excluding hydrogens is 372 g/mol. The minimum absolute atomic E-state index is 0.110. The summed E-state index contributed by atoms with van der Waals surface area (Å²) in [7, 11) is 0. The van der Waals surface area contributed by atoms with Crippen molar-refractivity contribution in [2.24, 2.45) is 0 Å². The molecule has 1 N–H and O–H groups in total. The topological polar surface area (TPSA) is 98.5 Å². The van der Waals surface area contributed by atoms with Gasteiger partial charge in [-0.15, -0.1) is 0 Å². The zero-order chi connectivity index (χ0) is 21.0. The predicted molar refractivity (Wildman–Crippen MR) is 108 cm³/mol. The van der Waals surface area contributed by atoms with Crippen LogP contribution in [0.1, 0.15) is 31.8 Å². The van der Waals surface area contributed by atoms with Crippen LogP contribution in [0.15, 0.2) is 66.7 Å². The number of esters is 1. The first kappa shape index (κ1) is 19.8. The van der Waals surface area contributed by atoms with E-state index in [-0.39, 0.29) is 22.9 Å². The van der Waals surface area contributed by atoms with E-state index in [0.717, 1.165) is 16.8 Å². The summed E-state index contributed by atoms with van der Waals surface area (Å²) in [5.41, 5.74) is 3.30. The Balaban J connectivity index is 1.65. The van der Waals surface area contributed by atoms with Crippen molar-refractivity contribution in [1.29, 1.82) is 0 Å². The highest BCUT2D eigenvalue weighted by molar-refractivity contribution is 6.04. The molecule has 0 aliphatic heterocycles. The number of rotatable bonds is 5. The third-order valence-electron chi connectivity index (χ3n) is 4.27. The van der Waals surface area contributed by atoms with Crippen molar-refractivity contribution in [2.45, 2.75) is 13.8 Å². The van der Waals surface area contributed by atoms with Crippen LogP contribution < -0.4 is 10.1 Å². The van der Waals surface area contributed by atoms with E-state index in [9.17, 15) is 19.7 Å². The highest BCUT2D eigenvalue weighted by Gasteiger charge is 2.13. The lowest BCUT2D eigenvalue weighted by molar-refractivity contribution is -0.384. The molecule has 0 fully saturated rings. The van der Waals surface area contributed by atoms with Gasteiger partial charge in [-0.1, -0.05) is 17.7 Å². The summed E-state index contributed by atoms with van der Waals surface area (Å²) in [6, 6.07) is 17.0. The number of ether oxygens (including phenoxy) is 1. The summed E-state index contributed by atoms with van der Waals surface area (Å²) in [5.74, 6) is -0.658. The smallest absolute Gasteiger partial charge is 0.343 e. The molecule has 0 radical (unpaired) electrons. The van der Waals surface area contributed by atoms with Crippen LogP contribution >= 0.6 is 0 Å². The van der Waals surface area contributed by atoms with E-state index < -0.39 is 10.9 Å². The minimum Gasteiger partial charge on any atom is -0.423 e. The molecule has 0 atom stereocenters. The number of carbonyl (C=O) groups excluding carboxylic acids is 2. The van der Waals surface area contributed by atoms with Gasteiger partial charge in [-0.3, -0.25) is 14.9 Å². The lowest BCUT2D eigenvalue weighted by Gasteiger charge is -2.10. The lowest BCUT2D eigenvalue weighted by atomic mass is 10.1. The molecule has 7 heteroatoms. The van der Waals surface area contributed by atoms with Crippen molar-refractivity contribution in [3.63, 3.8) is 0 Å². The van der Waals surface area contributed by atoms with Gasteiger partial charge < -0.3 is 10.1 Å². The number of hydrogen-bond acceptors (Lipinski definition) is 5. The van der Waals surface area contributed by atoms with E-state index in [1.54, 1.807) is 12.1 Å². The van der Waals surface area contributed by atoms with Gasteiger partial charge in [0.2, 0.25) is 0 Å². The number of hydrogen-bond donors (Lipinski definition) is 1. The van der Waals surface area contributed by atoms with E-state index >= 15 is 0 Å². The molecule has 0 heterocycles. The number of nitro groups is 1. The average molecular weight is 390 g/mol. The first-order valence-corrected chi connectivity index (χ1v) is 8.79. The van der Waals surface area contributed by atoms with Crippen molar-refractivity contribution in [3.8, 4) is 5.75 Å². The van der Waals surface area contributed by atoms with Gasteiger partial charge in [-0.2, -0.15) is 0 Å². The van der Waals surface area contributed by atoms with Crippen LogP contribution in [0, 0.1) is 24.0 Å². The summed E-state index contributed by atoms with van der Waals surface area (Å²) in [6.07, 6.45) is 0. The third kappa shape index (κ3) is 4.84. The molecular formula is C22H18N2O5. The highest BCUT2D eigenvalue weighted by Crippen LogP contribution is 2.19. The fourth-order valence-electron chi connectivity index (χ4n) is 2.71. The van der Waals surface area contributed by atoms with Crippen LogP contribution in [-0.2, 0) is 0 Å². The first-order valence-electron chi connectivity index (χ1n) is 8.79. The van der Waals surface area contributed by atoms with Gasteiger partial charge >= 0.3 is 5.97 Å². The average Bonchev–Trinajstić information content (AvgIpc) is 2.70. The normalized spacial score (nSPS) is 10.3. The van der Waals surface area contributed by atoms with Gasteiger partial charge in [-0.25, -0.2) is 4.79 Å². The highest BCUT2D eigenvalue weighted by atomic mass is 16.6. The molecule has 0 saturated heterocycles. The summed E-state index contributed by atoms with van der Waals surface area (Å²) < 4.78 is 5.25. The summed E-state index contributed by atoms with van der Waals surface area (Å²) >= 11 is 0. The maximum atomic E-state index is 12.4. The Kier molecular flexibility index (Phi) is 5.69. The number of carbonyl (C=O) groups is 2. The fraction of sp³-hybridized carbons (Fsp3) is 0.0909. The molecule has 3 aromatic rings. The van der Waals surface area contributed by atoms with Crippen LogP contribution in [0.5, 0.6) is 5.75 Å². The van der Waals surface area contributed by atoms with Crippen molar-refractivity contribution >= 4 is 23.3 Å². The molecule has 0 saturated carbocycles. The number of nitrogens with one attached hydrogen (secondary N) is 1. The molecule has 0 aliphatic carbocycles. The van der Waals surface area contributed by atoms with Crippen molar-refractivity contribution in [2.75, 3.05) is 5.32 Å². The number of nitro benzene ring substituents is 1. The molecule has 1 amide bonds. The van der Waals surface area contributed by atoms with E-state index in [4.69, 9.17) is 4.74 Å². The quantitative estimate of drug-likeness (QED) is 0.295. The first-order chi connectivity index (χ1) is 13.8. The number of anilines is 1. The summed E-state index contributed by atoms with van der Waals surface area (Å²) in [6.45, 7) is 3.90. The summed E-state index contributed by atoms with van der Waals surface area (Å²) in [4.78, 5) is 34.7. The molecule has 0 aromatic heterocycles. The maximum Gasteiger partial charge on any atom is 0.343 e. The Morgan fingerprint density at radius 1 is 0.897 bits per heavy atom. The molecule has 0 unspecified atom stereocenters. The van der Waals surface area contributed by atoms with Gasteiger partial charge in [0.15, 0.2) is 0 Å². The molecule has 0 aliphatic rings. The van der Waals surface area contributed by atoms with Crippen LogP contribution in [0.4, 0.5) is 11.4 Å². The maximum absolute atomic E-state index is 12.4. The predicted octanol–water partition coefficient (Wildman–Crippen LogP) is 4.68. The Labute approximate surface area is 167 Å². The van der Waals surface area contributed by atoms with E-state index in [2.05, 4.69) is 5.32 Å². The minimum atomic E-state index is -0.646. The molecule has 7 nitrogen and oxygen atoms in total. The standard InChI is InChI=1S/C22H18N2O5/c1-14-3-12-20(15(2)13-14)23-21(25)16-6-10-19(11-7-16)29-22(26)17-4-8-18(9-5-17)24(27)28/h3-13H,1-2H3,(H,23,25). The second-order valence-electron chi connectivity index (χ2n) is 6.49. The molecule has 146 valence electrons. The Bertz CT molecular complexity index is 1070. The fourth-order valence-corrected chi connectivity index (χ4v) is 2.71. The van der Waals surface area contributed by atoms with E-state index in [0.29, 0.717) is 5.56 Å². The Hall–Kier alpha value is -4.00. The summed E-state index contributed by atoms with van der Waals surface area (Å²) in [5, 5.41) is 13.5. The van der Waals surface area contributed by atoms with Gasteiger partial charge in [-0.05, 0) is 61.9 Å². The number of benzene rings is 3. The monoisotopic (exact) mass is 390 g/mol. The largest absolute Gasteiger partial charge is 0.423 e. The molecule has 0 spiro atoms. The van der Waals surface area contributed by atoms with Crippen LogP contribution in [0.25, 0.3) is 0 Å². The van der Waals surface area contributed by atoms with Gasteiger partial charge in [0.1, 0.15) is 5.75 Å². The van der Waals surface area contributed by atoms with Crippen molar-refractivity contribution in [3.05, 3.63) is 99.1 Å².